The zero-order chi connectivity index (χ0) is 19.4. The molecule has 11 heteroatoms. The van der Waals surface area contributed by atoms with Crippen LogP contribution in [-0.4, -0.2) is 40.0 Å². The van der Waals surface area contributed by atoms with Crippen LogP contribution < -0.4 is 10.0 Å². The smallest absolute Gasteiger partial charge is 0.276 e. The molecule has 0 saturated heterocycles. The van der Waals surface area contributed by atoms with Crippen LogP contribution in [0.4, 0.5) is 5.69 Å². The number of hydrogen-bond acceptors (Lipinski definition) is 7. The lowest BCUT2D eigenvalue weighted by Gasteiger charge is -2.07. The van der Waals surface area contributed by atoms with E-state index in [1.807, 2.05) is 4.72 Å². The maximum atomic E-state index is 12.2. The minimum Gasteiger partial charge on any atom is -0.321 e. The van der Waals surface area contributed by atoms with Crippen LogP contribution in [0.5, 0.6) is 0 Å². The van der Waals surface area contributed by atoms with Gasteiger partial charge in [-0.05, 0) is 36.4 Å². The lowest BCUT2D eigenvalue weighted by Crippen LogP contribution is -2.28. The molecule has 0 unspecified atom stereocenters. The number of benzene rings is 1. The summed E-state index contributed by atoms with van der Waals surface area (Å²) in [7, 11) is -3.93. The summed E-state index contributed by atoms with van der Waals surface area (Å²) in [5.41, 5.74) is 0.455. The molecule has 0 atom stereocenters. The third kappa shape index (κ3) is 4.33. The standard InChI is InChI=1S/C16H14N6O4S/c1-11(23)21-27(25,26)13-4-2-12(3-5-13)18-16(24)14-6-7-15(20-19-14)22-9-8-17-10-22/h2-10H,1H3,(H,18,24)(H,21,23). The summed E-state index contributed by atoms with van der Waals surface area (Å²) in [6, 6.07) is 8.48. The topological polar surface area (TPSA) is 136 Å². The zero-order valence-corrected chi connectivity index (χ0v) is 14.8. The van der Waals surface area contributed by atoms with Crippen molar-refractivity contribution in [3.63, 3.8) is 0 Å². The van der Waals surface area contributed by atoms with Crippen molar-refractivity contribution >= 4 is 27.5 Å². The molecule has 3 aromatic rings. The van der Waals surface area contributed by atoms with E-state index in [9.17, 15) is 18.0 Å². The average molecular weight is 386 g/mol. The summed E-state index contributed by atoms with van der Waals surface area (Å²) >= 11 is 0. The number of imidazole rings is 1. The third-order valence-corrected chi connectivity index (χ3v) is 4.80. The van der Waals surface area contributed by atoms with Crippen LogP contribution in [0.15, 0.2) is 60.0 Å². The highest BCUT2D eigenvalue weighted by atomic mass is 32.2. The molecule has 10 nitrogen and oxygen atoms in total. The normalized spacial score (nSPS) is 11.0. The van der Waals surface area contributed by atoms with Gasteiger partial charge >= 0.3 is 0 Å². The van der Waals surface area contributed by atoms with E-state index in [4.69, 9.17) is 0 Å². The molecule has 0 aliphatic carbocycles. The van der Waals surface area contributed by atoms with E-state index in [-0.39, 0.29) is 10.6 Å². The maximum Gasteiger partial charge on any atom is 0.276 e. The predicted octanol–water partition coefficient (Wildman–Crippen LogP) is 0.739. The number of hydrogen-bond donors (Lipinski definition) is 2. The van der Waals surface area contributed by atoms with Crippen LogP contribution >= 0.6 is 0 Å². The van der Waals surface area contributed by atoms with E-state index in [1.54, 1.807) is 29.4 Å². The van der Waals surface area contributed by atoms with Crippen LogP contribution in [-0.2, 0) is 14.8 Å². The largest absolute Gasteiger partial charge is 0.321 e. The summed E-state index contributed by atoms with van der Waals surface area (Å²) in [5.74, 6) is -0.682. The van der Waals surface area contributed by atoms with Crippen molar-refractivity contribution in [2.24, 2.45) is 0 Å². The first kappa shape index (κ1) is 18.2. The second kappa shape index (κ2) is 7.33. The van der Waals surface area contributed by atoms with Gasteiger partial charge in [0.2, 0.25) is 5.91 Å². The highest BCUT2D eigenvalue weighted by molar-refractivity contribution is 7.90. The molecule has 2 aromatic heterocycles. The van der Waals surface area contributed by atoms with Crippen LogP contribution in [0.25, 0.3) is 5.82 Å². The first-order valence-electron chi connectivity index (χ1n) is 7.62. The van der Waals surface area contributed by atoms with Gasteiger partial charge in [-0.2, -0.15) is 0 Å². The Kier molecular flexibility index (Phi) is 4.94. The molecule has 3 rings (SSSR count). The Balaban J connectivity index is 1.70. The number of aromatic nitrogens is 4. The summed E-state index contributed by atoms with van der Waals surface area (Å²) in [6.45, 7) is 1.10. The molecule has 1 aromatic carbocycles. The number of carbonyl (C=O) groups excluding carboxylic acids is 2. The Morgan fingerprint density at radius 2 is 1.78 bits per heavy atom. The number of nitrogens with one attached hydrogen (secondary N) is 2. The monoisotopic (exact) mass is 386 g/mol. The molecule has 2 N–H and O–H groups in total. The third-order valence-electron chi connectivity index (χ3n) is 3.35. The fourth-order valence-corrected chi connectivity index (χ4v) is 3.13. The van der Waals surface area contributed by atoms with Crippen molar-refractivity contribution in [2.45, 2.75) is 11.8 Å². The Bertz CT molecular complexity index is 1060. The fraction of sp³-hybridized carbons (Fsp3) is 0.0625. The van der Waals surface area contributed by atoms with Crippen LogP contribution in [0.3, 0.4) is 0 Å². The Labute approximate surface area is 154 Å². The molecule has 2 amide bonds. The van der Waals surface area contributed by atoms with Crippen LogP contribution in [0.2, 0.25) is 0 Å². The summed E-state index contributed by atoms with van der Waals surface area (Å²) in [5, 5.41) is 10.4. The van der Waals surface area contributed by atoms with Gasteiger partial charge in [0.1, 0.15) is 6.33 Å². The second-order valence-corrected chi connectivity index (χ2v) is 7.07. The molecule has 0 spiro atoms. The number of amides is 2. The molecule has 2 heterocycles. The first-order valence-corrected chi connectivity index (χ1v) is 9.10. The maximum absolute atomic E-state index is 12.2. The lowest BCUT2D eigenvalue weighted by atomic mass is 10.3. The Morgan fingerprint density at radius 3 is 2.33 bits per heavy atom. The number of rotatable bonds is 5. The number of anilines is 1. The molecular weight excluding hydrogens is 372 g/mol. The van der Waals surface area contributed by atoms with E-state index in [0.717, 1.165) is 6.92 Å². The minimum absolute atomic E-state index is 0.0915. The van der Waals surface area contributed by atoms with E-state index in [0.29, 0.717) is 11.5 Å². The number of nitrogens with zero attached hydrogens (tertiary/aromatic N) is 4. The van der Waals surface area contributed by atoms with Gasteiger partial charge < -0.3 is 5.32 Å². The van der Waals surface area contributed by atoms with Crippen molar-refractivity contribution in [3.8, 4) is 5.82 Å². The molecule has 0 aliphatic rings. The van der Waals surface area contributed by atoms with E-state index in [1.165, 1.54) is 30.3 Å². The Morgan fingerprint density at radius 1 is 1.04 bits per heavy atom. The van der Waals surface area contributed by atoms with Crippen molar-refractivity contribution in [1.29, 1.82) is 0 Å². The minimum atomic E-state index is -3.93. The lowest BCUT2D eigenvalue weighted by molar-refractivity contribution is -0.117. The summed E-state index contributed by atoms with van der Waals surface area (Å²) < 4.78 is 27.3. The number of sulfonamides is 1. The van der Waals surface area contributed by atoms with E-state index in [2.05, 4.69) is 20.5 Å². The highest BCUT2D eigenvalue weighted by Gasteiger charge is 2.16. The molecular formula is C16H14N6O4S. The number of carbonyl (C=O) groups is 2. The van der Waals surface area contributed by atoms with Gasteiger partial charge in [0, 0.05) is 25.0 Å². The molecule has 0 fully saturated rings. The molecule has 0 bridgehead atoms. The van der Waals surface area contributed by atoms with Gasteiger partial charge in [-0.1, -0.05) is 0 Å². The summed E-state index contributed by atoms with van der Waals surface area (Å²) in [4.78, 5) is 27.0. The first-order chi connectivity index (χ1) is 12.8. The molecule has 0 saturated carbocycles. The van der Waals surface area contributed by atoms with Crippen molar-refractivity contribution in [3.05, 3.63) is 60.8 Å². The molecule has 138 valence electrons. The van der Waals surface area contributed by atoms with Crippen LogP contribution in [0, 0.1) is 0 Å². The van der Waals surface area contributed by atoms with E-state index >= 15 is 0 Å². The van der Waals surface area contributed by atoms with Gasteiger partial charge in [0.05, 0.1) is 4.90 Å². The molecule has 0 radical (unpaired) electrons. The highest BCUT2D eigenvalue weighted by Crippen LogP contribution is 2.15. The zero-order valence-electron chi connectivity index (χ0n) is 14.0. The average Bonchev–Trinajstić information content (AvgIpc) is 3.16. The molecule has 0 aliphatic heterocycles. The van der Waals surface area contributed by atoms with Crippen LogP contribution in [0.1, 0.15) is 17.4 Å². The van der Waals surface area contributed by atoms with Crippen molar-refractivity contribution in [1.82, 2.24) is 24.5 Å². The van der Waals surface area contributed by atoms with Gasteiger partial charge in [0.15, 0.2) is 11.5 Å². The predicted molar refractivity (Wildman–Crippen MR) is 94.6 cm³/mol. The fourth-order valence-electron chi connectivity index (χ4n) is 2.14. The van der Waals surface area contributed by atoms with Crippen molar-refractivity contribution in [2.75, 3.05) is 5.32 Å². The van der Waals surface area contributed by atoms with E-state index < -0.39 is 21.8 Å². The summed E-state index contributed by atoms with van der Waals surface area (Å²) in [6.07, 6.45) is 4.85. The van der Waals surface area contributed by atoms with Gasteiger partial charge in [-0.15, -0.1) is 10.2 Å². The van der Waals surface area contributed by atoms with Gasteiger partial charge in [-0.3, -0.25) is 14.2 Å². The van der Waals surface area contributed by atoms with Gasteiger partial charge in [-0.25, -0.2) is 18.1 Å². The van der Waals surface area contributed by atoms with Crippen molar-refractivity contribution < 1.29 is 18.0 Å². The quantitative estimate of drug-likeness (QED) is 0.660. The Hall–Kier alpha value is -3.60. The van der Waals surface area contributed by atoms with Gasteiger partial charge in [0.25, 0.3) is 15.9 Å². The SMILES string of the molecule is CC(=O)NS(=O)(=O)c1ccc(NC(=O)c2ccc(-n3ccnc3)nn2)cc1. The second-order valence-electron chi connectivity index (χ2n) is 5.39. The molecule has 27 heavy (non-hydrogen) atoms.